The summed E-state index contributed by atoms with van der Waals surface area (Å²) in [6.07, 6.45) is 0. The van der Waals surface area contributed by atoms with Crippen molar-refractivity contribution < 1.29 is 84.9 Å². The zero-order valence-electron chi connectivity index (χ0n) is 19.7. The molecule has 3 aromatic carbocycles. The summed E-state index contributed by atoms with van der Waals surface area (Å²) in [5.74, 6) is -3.83. The maximum absolute atomic E-state index is 10.5. The number of nitrogens with zero attached hydrogens (tertiary/aromatic N) is 3. The molecule has 0 atom stereocenters. The van der Waals surface area contributed by atoms with E-state index in [1.807, 2.05) is 0 Å². The van der Waals surface area contributed by atoms with Crippen molar-refractivity contribution in [1.29, 1.82) is 0 Å². The smallest absolute Gasteiger partial charge is 0.338 e. The van der Waals surface area contributed by atoms with Crippen LogP contribution in [0.25, 0.3) is 0 Å². The summed E-state index contributed by atoms with van der Waals surface area (Å²) in [4.78, 5) is 60.2. The first-order chi connectivity index (χ1) is 18.1. The Labute approximate surface area is 254 Å². The predicted molar refractivity (Wildman–Crippen MR) is 133 cm³/mol. The molecule has 9 N–H and O–H groups in total. The van der Waals surface area contributed by atoms with Gasteiger partial charge in [0, 0.05) is 93.8 Å². The maximum Gasteiger partial charge on any atom is 0.338 e. The molecular weight excluding hydrogens is 679 g/mol. The molecule has 3 rings (SSSR count). The van der Waals surface area contributed by atoms with Gasteiger partial charge in [0.05, 0.1) is 31.5 Å². The van der Waals surface area contributed by atoms with Crippen LogP contribution in [0.4, 0.5) is 34.1 Å². The van der Waals surface area contributed by atoms with Crippen LogP contribution in [0.1, 0.15) is 31.1 Å². The number of hydrogen-bond acceptors (Lipinski definition) is 12. The van der Waals surface area contributed by atoms with Crippen molar-refractivity contribution in [2.75, 3.05) is 17.2 Å². The molecule has 3 aromatic rings. The van der Waals surface area contributed by atoms with Crippen molar-refractivity contribution >= 4 is 52.0 Å². The predicted octanol–water partition coefficient (Wildman–Crippen LogP) is 2.63. The number of hydrogen-bond donors (Lipinski definition) is 6. The molecule has 0 bridgehead atoms. The standard InChI is InChI=1S/3C7H6N2O4.Sm/c3*8-6-2-1-4(9(12)13)3-5(6)7(10)11;/h3*1-3H,8H2,(H,10,11);. The Bertz CT molecular complexity index is 1310. The Morgan fingerprint density at radius 3 is 0.875 bits per heavy atom. The van der Waals surface area contributed by atoms with Crippen LogP contribution in [-0.2, 0) is 0 Å². The number of carboxylic acid groups (broad SMARTS) is 3. The number of non-ortho nitro benzene ring substituents is 3. The monoisotopic (exact) mass is 698 g/mol. The van der Waals surface area contributed by atoms with Crippen LogP contribution in [-0.4, -0.2) is 48.0 Å². The van der Waals surface area contributed by atoms with Gasteiger partial charge >= 0.3 is 17.9 Å². The van der Waals surface area contributed by atoms with E-state index >= 15 is 0 Å². The molecule has 0 aliphatic heterocycles. The van der Waals surface area contributed by atoms with E-state index in [-0.39, 0.29) is 91.2 Å². The third-order valence-corrected chi connectivity index (χ3v) is 4.43. The van der Waals surface area contributed by atoms with Crippen molar-refractivity contribution in [2.24, 2.45) is 0 Å². The number of nitro benzene ring substituents is 3. The Morgan fingerprint density at radius 2 is 0.725 bits per heavy atom. The van der Waals surface area contributed by atoms with E-state index in [1.54, 1.807) is 0 Å². The van der Waals surface area contributed by atoms with E-state index in [4.69, 9.17) is 32.5 Å². The largest absolute Gasteiger partial charge is 0.478 e. The van der Waals surface area contributed by atoms with Gasteiger partial charge < -0.3 is 32.5 Å². The summed E-state index contributed by atoms with van der Waals surface area (Å²) < 4.78 is 0. The van der Waals surface area contributed by atoms with Crippen molar-refractivity contribution in [3.8, 4) is 0 Å². The molecule has 0 saturated heterocycles. The van der Waals surface area contributed by atoms with Crippen LogP contribution in [0.2, 0.25) is 0 Å². The zero-order valence-corrected chi connectivity index (χ0v) is 22.3. The number of nitrogen functional groups attached to an aromatic ring is 3. The average molecular weight is 697 g/mol. The maximum atomic E-state index is 10.5. The molecule has 0 aliphatic rings. The van der Waals surface area contributed by atoms with Crippen molar-refractivity contribution in [3.05, 3.63) is 102 Å². The summed E-state index contributed by atoms with van der Waals surface area (Å²) in [6, 6.07) is 9.84. The first-order valence-corrected chi connectivity index (χ1v) is 9.88. The number of anilines is 3. The Kier molecular flexibility index (Phi) is 13.5. The minimum Gasteiger partial charge on any atom is -0.478 e. The molecule has 19 heteroatoms. The van der Waals surface area contributed by atoms with Crippen molar-refractivity contribution in [3.63, 3.8) is 0 Å². The molecule has 0 fully saturated rings. The molecule has 0 radical (unpaired) electrons. The molecule has 0 spiro atoms. The van der Waals surface area contributed by atoms with E-state index in [1.165, 1.54) is 18.2 Å². The average Bonchev–Trinajstić information content (AvgIpc) is 2.84. The molecule has 40 heavy (non-hydrogen) atoms. The van der Waals surface area contributed by atoms with Gasteiger partial charge in [-0.25, -0.2) is 14.4 Å². The van der Waals surface area contributed by atoms with Gasteiger partial charge in [-0.15, -0.1) is 0 Å². The molecular formula is C21H18N6O12Sm. The second kappa shape index (κ2) is 15.4. The Balaban J connectivity index is 0.000000563. The van der Waals surface area contributed by atoms with Gasteiger partial charge in [-0.1, -0.05) is 0 Å². The molecule has 210 valence electrons. The van der Waals surface area contributed by atoms with Gasteiger partial charge in [0.1, 0.15) is 0 Å². The van der Waals surface area contributed by atoms with E-state index in [9.17, 15) is 44.7 Å². The van der Waals surface area contributed by atoms with Crippen molar-refractivity contribution in [2.45, 2.75) is 0 Å². The minimum atomic E-state index is -1.28. The van der Waals surface area contributed by atoms with Crippen LogP contribution in [0, 0.1) is 70.7 Å². The number of nitro groups is 3. The number of rotatable bonds is 6. The Hall–Kier alpha value is -4.99. The fraction of sp³-hybridized carbons (Fsp3) is 0. The summed E-state index contributed by atoms with van der Waals surface area (Å²) in [7, 11) is 0. The van der Waals surface area contributed by atoms with Crippen LogP contribution >= 0.6 is 0 Å². The summed E-state index contributed by atoms with van der Waals surface area (Å²) in [5, 5.41) is 56.5. The molecule has 0 amide bonds. The molecule has 0 aromatic heterocycles. The number of carbonyl (C=O) groups is 3. The summed E-state index contributed by atoms with van der Waals surface area (Å²) in [6.45, 7) is 0. The van der Waals surface area contributed by atoms with E-state index in [0.717, 1.165) is 36.4 Å². The van der Waals surface area contributed by atoms with Crippen LogP contribution in [0.15, 0.2) is 54.6 Å². The fourth-order valence-electron chi connectivity index (χ4n) is 2.53. The van der Waals surface area contributed by atoms with Gasteiger partial charge in [-0.05, 0) is 18.2 Å². The topological polar surface area (TPSA) is 319 Å². The number of nitrogens with two attached hydrogens (primary N) is 3. The minimum absolute atomic E-state index is 0. The third-order valence-electron chi connectivity index (χ3n) is 4.43. The van der Waals surface area contributed by atoms with E-state index < -0.39 is 32.7 Å². The SMILES string of the molecule is Nc1ccc([N+](=O)[O-])cc1C(=O)O.Nc1ccc([N+](=O)[O-])cc1C(=O)O.Nc1ccc([N+](=O)[O-])cc1C(=O)O.[Sm]. The van der Waals surface area contributed by atoms with Gasteiger partial charge in [-0.3, -0.25) is 30.3 Å². The van der Waals surface area contributed by atoms with Gasteiger partial charge in [-0.2, -0.15) is 0 Å². The quantitative estimate of drug-likeness (QED) is 0.122. The first kappa shape index (κ1) is 35.0. The van der Waals surface area contributed by atoms with Crippen LogP contribution in [0.3, 0.4) is 0 Å². The number of benzene rings is 3. The van der Waals surface area contributed by atoms with Crippen LogP contribution in [0.5, 0.6) is 0 Å². The fourth-order valence-corrected chi connectivity index (χ4v) is 2.53. The molecule has 0 unspecified atom stereocenters. The zero-order chi connectivity index (χ0) is 30.0. The van der Waals surface area contributed by atoms with Gasteiger partial charge in [0.2, 0.25) is 0 Å². The third kappa shape index (κ3) is 10.0. The molecule has 0 aliphatic carbocycles. The van der Waals surface area contributed by atoms with E-state index in [2.05, 4.69) is 0 Å². The summed E-state index contributed by atoms with van der Waals surface area (Å²) in [5.41, 5.74) is 14.3. The second-order valence-corrected chi connectivity index (χ2v) is 7.00. The first-order valence-electron chi connectivity index (χ1n) is 9.88. The number of aromatic carboxylic acids is 3. The van der Waals surface area contributed by atoms with Gasteiger partial charge in [0.15, 0.2) is 0 Å². The van der Waals surface area contributed by atoms with Crippen LogP contribution < -0.4 is 17.2 Å². The normalized spacial score (nSPS) is 9.30. The van der Waals surface area contributed by atoms with Gasteiger partial charge in [0.25, 0.3) is 17.1 Å². The summed E-state index contributed by atoms with van der Waals surface area (Å²) >= 11 is 0. The molecule has 18 nitrogen and oxygen atoms in total. The Morgan fingerprint density at radius 1 is 0.525 bits per heavy atom. The molecule has 0 saturated carbocycles. The van der Waals surface area contributed by atoms with E-state index in [0.29, 0.717) is 0 Å². The van der Waals surface area contributed by atoms with Crippen molar-refractivity contribution in [1.82, 2.24) is 0 Å². The second-order valence-electron chi connectivity index (χ2n) is 7.00. The molecule has 0 heterocycles. The number of carboxylic acids is 3.